The van der Waals surface area contributed by atoms with E-state index in [9.17, 15) is 4.79 Å². The summed E-state index contributed by atoms with van der Waals surface area (Å²) in [6, 6.07) is 8.19. The number of aromatic nitrogens is 1. The van der Waals surface area contributed by atoms with E-state index in [1.807, 2.05) is 34.9 Å². The van der Waals surface area contributed by atoms with E-state index in [0.29, 0.717) is 11.6 Å². The maximum atomic E-state index is 12.5. The van der Waals surface area contributed by atoms with Gasteiger partial charge in [-0.3, -0.25) is 4.79 Å². The molecule has 5 heteroatoms. The molecule has 0 radical (unpaired) electrons. The second-order valence-electron chi connectivity index (χ2n) is 6.19. The number of amides is 1. The van der Waals surface area contributed by atoms with Crippen LogP contribution in [0, 0.1) is 5.92 Å². The van der Waals surface area contributed by atoms with Crippen LogP contribution in [0.5, 0.6) is 0 Å². The molecular formula is C16H18BrN3O. The lowest BCUT2D eigenvalue weighted by atomic mass is 9.96. The van der Waals surface area contributed by atoms with Gasteiger partial charge in [-0.2, -0.15) is 0 Å². The lowest BCUT2D eigenvalue weighted by Gasteiger charge is -2.30. The van der Waals surface area contributed by atoms with E-state index in [1.165, 1.54) is 19.5 Å². The van der Waals surface area contributed by atoms with Crippen LogP contribution in [0.25, 0.3) is 5.52 Å². The molecule has 2 fully saturated rings. The first-order chi connectivity index (χ1) is 10.2. The zero-order chi connectivity index (χ0) is 14.4. The minimum atomic E-state index is 0.0324. The fraction of sp³-hybridized carbons (Fsp3) is 0.438. The maximum Gasteiger partial charge on any atom is 0.253 e. The van der Waals surface area contributed by atoms with Crippen molar-refractivity contribution in [2.45, 2.75) is 18.9 Å². The van der Waals surface area contributed by atoms with Crippen molar-refractivity contribution in [1.82, 2.24) is 14.6 Å². The molecule has 1 amide bonds. The zero-order valence-electron chi connectivity index (χ0n) is 11.8. The van der Waals surface area contributed by atoms with Gasteiger partial charge in [0.25, 0.3) is 5.91 Å². The number of hydrogen-bond acceptors (Lipinski definition) is 2. The average Bonchev–Trinajstić information content (AvgIpc) is 3.02. The summed E-state index contributed by atoms with van der Waals surface area (Å²) in [7, 11) is 0. The summed E-state index contributed by atoms with van der Waals surface area (Å²) in [5.41, 5.74) is 1.80. The molecule has 2 saturated heterocycles. The van der Waals surface area contributed by atoms with Gasteiger partial charge in [0, 0.05) is 30.8 Å². The number of hydrogen-bond donors (Lipinski definition) is 1. The Hall–Kier alpha value is -1.33. The Morgan fingerprint density at radius 2 is 2.10 bits per heavy atom. The van der Waals surface area contributed by atoms with E-state index in [1.54, 1.807) is 0 Å². The number of carbonyl (C=O) groups excluding carboxylic acids is 1. The predicted octanol–water partition coefficient (Wildman–Crippen LogP) is 2.53. The van der Waals surface area contributed by atoms with Gasteiger partial charge < -0.3 is 14.6 Å². The zero-order valence-corrected chi connectivity index (χ0v) is 13.3. The average molecular weight is 348 g/mol. The third-order valence-corrected chi connectivity index (χ3v) is 5.31. The minimum Gasteiger partial charge on any atom is -0.348 e. The van der Waals surface area contributed by atoms with Crippen LogP contribution < -0.4 is 5.32 Å². The molecule has 2 aliphatic rings. The Balaban J connectivity index is 1.52. The maximum absolute atomic E-state index is 12.5. The lowest BCUT2D eigenvalue weighted by molar-refractivity contribution is 0.0909. The van der Waals surface area contributed by atoms with Crippen molar-refractivity contribution in [3.63, 3.8) is 0 Å². The first-order valence-corrected chi connectivity index (χ1v) is 8.28. The normalized spacial score (nSPS) is 28.0. The van der Waals surface area contributed by atoms with Crippen molar-refractivity contribution in [2.24, 2.45) is 5.92 Å². The van der Waals surface area contributed by atoms with Crippen LogP contribution in [0.2, 0.25) is 0 Å². The fourth-order valence-corrected chi connectivity index (χ4v) is 4.07. The molecule has 2 bridgehead atoms. The Labute approximate surface area is 132 Å². The molecule has 4 rings (SSSR count). The molecule has 2 aromatic rings. The number of carbonyl (C=O) groups is 1. The molecule has 2 aliphatic heterocycles. The molecule has 3 unspecified atom stereocenters. The summed E-state index contributed by atoms with van der Waals surface area (Å²) < 4.78 is 2.96. The van der Waals surface area contributed by atoms with Gasteiger partial charge in [-0.05, 0) is 65.5 Å². The fourth-order valence-electron chi connectivity index (χ4n) is 3.63. The lowest BCUT2D eigenvalue weighted by Crippen LogP contribution is -2.47. The highest BCUT2D eigenvalue weighted by Crippen LogP contribution is 2.27. The van der Waals surface area contributed by atoms with E-state index in [-0.39, 0.29) is 5.91 Å². The van der Waals surface area contributed by atoms with Crippen molar-refractivity contribution in [3.05, 3.63) is 40.6 Å². The van der Waals surface area contributed by atoms with Gasteiger partial charge in [0.1, 0.15) is 0 Å². The third kappa shape index (κ3) is 2.49. The third-order valence-electron chi connectivity index (χ3n) is 4.67. The molecular weight excluding hydrogens is 330 g/mol. The van der Waals surface area contributed by atoms with E-state index in [2.05, 4.69) is 26.1 Å². The standard InChI is InChI=1S/C16H18BrN3O/c17-15-4-3-14-2-1-12(9-20(14)15)16(21)18-13-7-11-5-6-19(8-11)10-13/h1-4,9,11,13H,5-8,10H2,(H,18,21). The number of nitrogens with one attached hydrogen (secondary N) is 1. The molecule has 4 heterocycles. The first-order valence-electron chi connectivity index (χ1n) is 7.49. The highest BCUT2D eigenvalue weighted by atomic mass is 79.9. The Bertz CT molecular complexity index is 684. The van der Waals surface area contributed by atoms with Gasteiger partial charge >= 0.3 is 0 Å². The molecule has 0 spiro atoms. The minimum absolute atomic E-state index is 0.0324. The van der Waals surface area contributed by atoms with Crippen molar-refractivity contribution in [2.75, 3.05) is 19.6 Å². The van der Waals surface area contributed by atoms with Crippen molar-refractivity contribution in [3.8, 4) is 0 Å². The number of pyridine rings is 1. The number of piperidine rings is 1. The summed E-state index contributed by atoms with van der Waals surface area (Å²) in [5.74, 6) is 0.801. The van der Waals surface area contributed by atoms with Gasteiger partial charge in [-0.1, -0.05) is 0 Å². The summed E-state index contributed by atoms with van der Waals surface area (Å²) in [5, 5.41) is 3.20. The summed E-state index contributed by atoms with van der Waals surface area (Å²) in [4.78, 5) is 14.9. The van der Waals surface area contributed by atoms with Crippen LogP contribution >= 0.6 is 15.9 Å². The molecule has 0 aromatic carbocycles. The van der Waals surface area contributed by atoms with Crippen LogP contribution in [0.3, 0.4) is 0 Å². The van der Waals surface area contributed by atoms with Gasteiger partial charge in [-0.25, -0.2) is 0 Å². The second-order valence-corrected chi connectivity index (χ2v) is 7.00. The molecule has 0 saturated carbocycles. The van der Waals surface area contributed by atoms with E-state index >= 15 is 0 Å². The molecule has 4 nitrogen and oxygen atoms in total. The summed E-state index contributed by atoms with van der Waals surface area (Å²) in [6.45, 7) is 3.41. The van der Waals surface area contributed by atoms with Gasteiger partial charge in [0.2, 0.25) is 0 Å². The van der Waals surface area contributed by atoms with Gasteiger partial charge in [0.05, 0.1) is 10.2 Å². The largest absolute Gasteiger partial charge is 0.348 e. The molecule has 21 heavy (non-hydrogen) atoms. The van der Waals surface area contributed by atoms with Crippen LogP contribution in [0.4, 0.5) is 0 Å². The van der Waals surface area contributed by atoms with Gasteiger partial charge in [-0.15, -0.1) is 0 Å². The van der Waals surface area contributed by atoms with Crippen LogP contribution in [-0.2, 0) is 0 Å². The van der Waals surface area contributed by atoms with E-state index < -0.39 is 0 Å². The Kier molecular flexibility index (Phi) is 3.27. The first kappa shape index (κ1) is 13.3. The number of fused-ring (bicyclic) bond motifs is 3. The predicted molar refractivity (Wildman–Crippen MR) is 85.5 cm³/mol. The number of rotatable bonds is 2. The highest BCUT2D eigenvalue weighted by Gasteiger charge is 2.32. The Morgan fingerprint density at radius 1 is 1.24 bits per heavy atom. The monoisotopic (exact) mass is 347 g/mol. The molecule has 3 atom stereocenters. The molecule has 2 aromatic heterocycles. The SMILES string of the molecule is O=C(NC1CC2CCN(C2)C1)c1ccc2ccc(Br)n2c1. The van der Waals surface area contributed by atoms with E-state index in [0.717, 1.165) is 29.0 Å². The quantitative estimate of drug-likeness (QED) is 0.906. The number of halogens is 1. The second kappa shape index (κ2) is 5.14. The van der Waals surface area contributed by atoms with Crippen LogP contribution in [-0.4, -0.2) is 40.9 Å². The van der Waals surface area contributed by atoms with E-state index in [4.69, 9.17) is 0 Å². The van der Waals surface area contributed by atoms with Crippen molar-refractivity contribution >= 4 is 27.4 Å². The molecule has 110 valence electrons. The molecule has 1 N–H and O–H groups in total. The number of nitrogens with zero attached hydrogens (tertiary/aromatic N) is 2. The van der Waals surface area contributed by atoms with Gasteiger partial charge in [0.15, 0.2) is 0 Å². The summed E-state index contributed by atoms with van der Waals surface area (Å²) in [6.07, 6.45) is 4.30. The highest BCUT2D eigenvalue weighted by molar-refractivity contribution is 9.10. The van der Waals surface area contributed by atoms with Crippen LogP contribution in [0.15, 0.2) is 35.1 Å². The van der Waals surface area contributed by atoms with Crippen molar-refractivity contribution < 1.29 is 4.79 Å². The van der Waals surface area contributed by atoms with Crippen LogP contribution in [0.1, 0.15) is 23.2 Å². The smallest absolute Gasteiger partial charge is 0.253 e. The Morgan fingerprint density at radius 3 is 2.95 bits per heavy atom. The van der Waals surface area contributed by atoms with Crippen molar-refractivity contribution in [1.29, 1.82) is 0 Å². The summed E-state index contributed by atoms with van der Waals surface area (Å²) >= 11 is 3.50. The molecule has 0 aliphatic carbocycles. The topological polar surface area (TPSA) is 36.8 Å².